The van der Waals surface area contributed by atoms with E-state index < -0.39 is 28.1 Å². The first kappa shape index (κ1) is 16.7. The Morgan fingerprint density at radius 3 is 2.60 bits per heavy atom. The molecule has 0 aromatic carbocycles. The van der Waals surface area contributed by atoms with Crippen LogP contribution in [0.4, 0.5) is 4.79 Å². The Hall–Kier alpha value is -1.35. The number of amides is 2. The van der Waals surface area contributed by atoms with Crippen molar-refractivity contribution in [2.24, 2.45) is 5.92 Å². The molecule has 0 aromatic heterocycles. The highest BCUT2D eigenvalue weighted by Gasteiger charge is 2.39. The normalized spacial score (nSPS) is 22.8. The molecule has 0 saturated carbocycles. The maximum Gasteiger partial charge on any atom is 0.326 e. The highest BCUT2D eigenvalue weighted by molar-refractivity contribution is 7.89. The number of likely N-dealkylation sites (tertiary alicyclic amines) is 1. The van der Waals surface area contributed by atoms with Crippen molar-refractivity contribution < 1.29 is 23.1 Å². The van der Waals surface area contributed by atoms with Crippen molar-refractivity contribution in [3.05, 3.63) is 0 Å². The summed E-state index contributed by atoms with van der Waals surface area (Å²) in [6.07, 6.45) is 0.625. The first-order valence-electron chi connectivity index (χ1n) is 6.53. The fourth-order valence-electron chi connectivity index (χ4n) is 2.24. The maximum absolute atomic E-state index is 11.9. The Morgan fingerprint density at radius 2 is 2.05 bits per heavy atom. The van der Waals surface area contributed by atoms with Crippen molar-refractivity contribution in [1.82, 2.24) is 14.9 Å². The minimum Gasteiger partial charge on any atom is -0.480 e. The number of hydrogen-bond donors (Lipinski definition) is 3. The summed E-state index contributed by atoms with van der Waals surface area (Å²) in [6.45, 7) is 4.05. The first-order chi connectivity index (χ1) is 9.28. The second-order valence-corrected chi connectivity index (χ2v) is 6.72. The van der Waals surface area contributed by atoms with E-state index in [1.807, 2.05) is 0 Å². The third kappa shape index (κ3) is 4.34. The number of nitrogens with zero attached hydrogens (tertiary/aromatic N) is 1. The van der Waals surface area contributed by atoms with Gasteiger partial charge in [-0.1, -0.05) is 13.8 Å². The number of rotatable bonds is 6. The van der Waals surface area contributed by atoms with Crippen molar-refractivity contribution in [3.63, 3.8) is 0 Å². The van der Waals surface area contributed by atoms with Gasteiger partial charge in [-0.15, -0.1) is 0 Å². The molecule has 2 unspecified atom stereocenters. The monoisotopic (exact) mass is 307 g/mol. The lowest BCUT2D eigenvalue weighted by atomic mass is 10.0. The van der Waals surface area contributed by atoms with E-state index in [9.17, 15) is 18.0 Å². The third-order valence-electron chi connectivity index (χ3n) is 3.23. The van der Waals surface area contributed by atoms with E-state index in [-0.39, 0.29) is 18.2 Å². The Bertz CT molecular complexity index is 465. The number of carbonyl (C=O) groups is 2. The van der Waals surface area contributed by atoms with E-state index in [1.165, 1.54) is 4.90 Å². The van der Waals surface area contributed by atoms with Crippen molar-refractivity contribution in [2.45, 2.75) is 26.3 Å². The highest BCUT2D eigenvalue weighted by Crippen LogP contribution is 2.23. The van der Waals surface area contributed by atoms with Gasteiger partial charge in [-0.2, -0.15) is 0 Å². The van der Waals surface area contributed by atoms with E-state index in [0.29, 0.717) is 19.5 Å². The second-order valence-electron chi connectivity index (χ2n) is 4.79. The summed E-state index contributed by atoms with van der Waals surface area (Å²) >= 11 is 0. The molecule has 1 heterocycles. The van der Waals surface area contributed by atoms with Gasteiger partial charge in [-0.25, -0.2) is 22.7 Å². The topological polar surface area (TPSA) is 116 Å². The van der Waals surface area contributed by atoms with Crippen LogP contribution in [0.3, 0.4) is 0 Å². The zero-order chi connectivity index (χ0) is 15.3. The molecule has 0 aromatic rings. The SMILES string of the molecule is CCNS(=O)(=O)CCNC(=O)N1CCC(C)C1C(=O)O. The molecule has 2 atom stereocenters. The Morgan fingerprint density at radius 1 is 1.40 bits per heavy atom. The molecule has 20 heavy (non-hydrogen) atoms. The average molecular weight is 307 g/mol. The highest BCUT2D eigenvalue weighted by atomic mass is 32.2. The molecule has 1 fully saturated rings. The molecule has 9 heteroatoms. The summed E-state index contributed by atoms with van der Waals surface area (Å²) in [5, 5.41) is 11.5. The molecular weight excluding hydrogens is 286 g/mol. The number of carboxylic acid groups (broad SMARTS) is 1. The molecule has 0 spiro atoms. The van der Waals surface area contributed by atoms with E-state index in [1.54, 1.807) is 13.8 Å². The van der Waals surface area contributed by atoms with Crippen LogP contribution in [0.5, 0.6) is 0 Å². The van der Waals surface area contributed by atoms with Gasteiger partial charge in [0.15, 0.2) is 0 Å². The summed E-state index contributed by atoms with van der Waals surface area (Å²) in [5.74, 6) is -1.37. The molecule has 8 nitrogen and oxygen atoms in total. The minimum atomic E-state index is -3.39. The number of sulfonamides is 1. The van der Waals surface area contributed by atoms with Crippen LogP contribution in [-0.2, 0) is 14.8 Å². The molecule has 1 aliphatic heterocycles. The van der Waals surface area contributed by atoms with Crippen LogP contribution in [0, 0.1) is 5.92 Å². The molecule has 116 valence electrons. The molecule has 0 aliphatic carbocycles. The molecule has 1 aliphatic rings. The summed E-state index contributed by atoms with van der Waals surface area (Å²) in [7, 11) is -3.39. The van der Waals surface area contributed by atoms with Gasteiger partial charge in [0.1, 0.15) is 6.04 Å². The van der Waals surface area contributed by atoms with E-state index in [4.69, 9.17) is 5.11 Å². The molecule has 2 amide bonds. The average Bonchev–Trinajstić information content (AvgIpc) is 2.70. The Balaban J connectivity index is 2.49. The molecule has 0 bridgehead atoms. The van der Waals surface area contributed by atoms with Crippen LogP contribution in [0.2, 0.25) is 0 Å². The number of nitrogens with one attached hydrogen (secondary N) is 2. The summed E-state index contributed by atoms with van der Waals surface area (Å²) < 4.78 is 25.1. The maximum atomic E-state index is 11.9. The number of urea groups is 1. The molecule has 1 saturated heterocycles. The molecular formula is C11H21N3O5S. The van der Waals surface area contributed by atoms with Crippen molar-refractivity contribution in [2.75, 3.05) is 25.4 Å². The molecule has 0 radical (unpaired) electrons. The minimum absolute atomic E-state index is 0.0502. The summed E-state index contributed by atoms with van der Waals surface area (Å²) in [5.41, 5.74) is 0. The fraction of sp³-hybridized carbons (Fsp3) is 0.818. The zero-order valence-electron chi connectivity index (χ0n) is 11.6. The van der Waals surface area contributed by atoms with Crippen molar-refractivity contribution in [3.8, 4) is 0 Å². The lowest BCUT2D eigenvalue weighted by Gasteiger charge is -2.23. The van der Waals surface area contributed by atoms with Crippen LogP contribution >= 0.6 is 0 Å². The second kappa shape index (κ2) is 6.89. The smallest absolute Gasteiger partial charge is 0.326 e. The third-order valence-corrected chi connectivity index (χ3v) is 4.70. The predicted octanol–water partition coefficient (Wildman–Crippen LogP) is -0.570. The number of carboxylic acids is 1. The molecule has 3 N–H and O–H groups in total. The lowest BCUT2D eigenvalue weighted by Crippen LogP contribution is -2.48. The Labute approximate surface area is 118 Å². The largest absolute Gasteiger partial charge is 0.480 e. The fourth-order valence-corrected chi connectivity index (χ4v) is 3.19. The Kier molecular flexibility index (Phi) is 5.75. The van der Waals surface area contributed by atoms with E-state index >= 15 is 0 Å². The van der Waals surface area contributed by atoms with Gasteiger partial charge in [0, 0.05) is 19.6 Å². The number of hydrogen-bond acceptors (Lipinski definition) is 4. The summed E-state index contributed by atoms with van der Waals surface area (Å²) in [6, 6.07) is -1.38. The quantitative estimate of drug-likeness (QED) is 0.608. The summed E-state index contributed by atoms with van der Waals surface area (Å²) in [4.78, 5) is 24.2. The van der Waals surface area contributed by atoms with Crippen LogP contribution in [0.25, 0.3) is 0 Å². The van der Waals surface area contributed by atoms with E-state index in [2.05, 4.69) is 10.0 Å². The van der Waals surface area contributed by atoms with Crippen LogP contribution in [-0.4, -0.2) is 61.9 Å². The van der Waals surface area contributed by atoms with Gasteiger partial charge in [0.2, 0.25) is 10.0 Å². The van der Waals surface area contributed by atoms with Gasteiger partial charge >= 0.3 is 12.0 Å². The van der Waals surface area contributed by atoms with Gasteiger partial charge in [-0.3, -0.25) is 0 Å². The number of aliphatic carboxylic acids is 1. The standard InChI is InChI=1S/C11H21N3O5S/c1-3-13-20(18,19)7-5-12-11(17)14-6-4-8(2)9(14)10(15)16/h8-9,13H,3-7H2,1-2H3,(H,12,17)(H,15,16). The predicted molar refractivity (Wildman–Crippen MR) is 72.8 cm³/mol. The van der Waals surface area contributed by atoms with Gasteiger partial charge < -0.3 is 15.3 Å². The van der Waals surface area contributed by atoms with Gasteiger partial charge in [0.25, 0.3) is 0 Å². The van der Waals surface area contributed by atoms with Gasteiger partial charge in [-0.05, 0) is 12.3 Å². The van der Waals surface area contributed by atoms with Crippen molar-refractivity contribution >= 4 is 22.0 Å². The molecule has 1 rings (SSSR count). The van der Waals surface area contributed by atoms with Crippen molar-refractivity contribution in [1.29, 1.82) is 0 Å². The first-order valence-corrected chi connectivity index (χ1v) is 8.18. The number of carbonyl (C=O) groups excluding carboxylic acids is 1. The van der Waals surface area contributed by atoms with Crippen LogP contribution in [0.15, 0.2) is 0 Å². The van der Waals surface area contributed by atoms with Gasteiger partial charge in [0.05, 0.1) is 5.75 Å². The van der Waals surface area contributed by atoms with Crippen LogP contribution in [0.1, 0.15) is 20.3 Å². The lowest BCUT2D eigenvalue weighted by molar-refractivity contribution is -0.142. The van der Waals surface area contributed by atoms with E-state index in [0.717, 1.165) is 0 Å². The van der Waals surface area contributed by atoms with Crippen LogP contribution < -0.4 is 10.0 Å². The zero-order valence-corrected chi connectivity index (χ0v) is 12.4.